The van der Waals surface area contributed by atoms with Gasteiger partial charge in [0.05, 0.1) is 19.1 Å². The maximum Gasteiger partial charge on any atom is 0.328 e. The number of urea groups is 1. The van der Waals surface area contributed by atoms with E-state index in [-0.39, 0.29) is 18.0 Å². The average molecular weight is 449 g/mol. The first-order chi connectivity index (χ1) is 13.4. The molecule has 0 fully saturated rings. The fourth-order valence-corrected chi connectivity index (χ4v) is 3.80. The number of fused-ring (bicyclic) bond motifs is 1. The minimum atomic E-state index is -0.677. The molecular formula is C20H25BrN4O3. The Labute approximate surface area is 173 Å². The predicted octanol–water partition coefficient (Wildman–Crippen LogP) is 3.42. The molecule has 0 radical (unpaired) electrons. The maximum atomic E-state index is 13.2. The number of esters is 1. The van der Waals surface area contributed by atoms with E-state index in [9.17, 15) is 9.59 Å². The molecule has 0 bridgehead atoms. The lowest BCUT2D eigenvalue weighted by molar-refractivity contribution is -0.143. The topological polar surface area (TPSA) is 87.3 Å². The van der Waals surface area contributed by atoms with Gasteiger partial charge in [-0.15, -0.1) is 0 Å². The van der Waals surface area contributed by atoms with Crippen molar-refractivity contribution in [3.05, 3.63) is 52.0 Å². The smallest absolute Gasteiger partial charge is 0.328 e. The number of rotatable bonds is 5. The van der Waals surface area contributed by atoms with Crippen LogP contribution >= 0.6 is 15.9 Å². The number of imidazole rings is 1. The number of carbonyl (C=O) groups excluding carboxylic acids is 2. The number of nitrogens with zero attached hydrogens (tertiary/aromatic N) is 2. The van der Waals surface area contributed by atoms with Gasteiger partial charge in [-0.3, -0.25) is 0 Å². The van der Waals surface area contributed by atoms with Crippen LogP contribution in [0.25, 0.3) is 0 Å². The molecule has 2 amide bonds. The molecule has 1 aliphatic heterocycles. The van der Waals surface area contributed by atoms with E-state index < -0.39 is 12.0 Å². The molecule has 1 aromatic heterocycles. The summed E-state index contributed by atoms with van der Waals surface area (Å²) < 4.78 is 5.84. The van der Waals surface area contributed by atoms with Crippen molar-refractivity contribution in [1.82, 2.24) is 20.2 Å². The standard InChI is InChI=1S/C20H25BrN4O3/c1-12(2)10-16(19(26)28-3)24-20(27)25-9-8-15-17(23-11-22-15)18(25)13-4-6-14(21)7-5-13/h4-7,11-12,16,18H,8-10H2,1-3H3,(H,22,23)(H,24,27)/t16-,18?/m0/s1. The van der Waals surface area contributed by atoms with Crippen molar-refractivity contribution in [2.75, 3.05) is 13.7 Å². The van der Waals surface area contributed by atoms with Gasteiger partial charge < -0.3 is 19.9 Å². The summed E-state index contributed by atoms with van der Waals surface area (Å²) in [5.41, 5.74) is 2.83. The Balaban J connectivity index is 1.89. The number of H-pyrrole nitrogens is 1. The van der Waals surface area contributed by atoms with E-state index in [2.05, 4.69) is 31.2 Å². The van der Waals surface area contributed by atoms with E-state index >= 15 is 0 Å². The first kappa shape index (κ1) is 20.4. The maximum absolute atomic E-state index is 13.2. The number of methoxy groups -OCH3 is 1. The van der Waals surface area contributed by atoms with Crippen molar-refractivity contribution in [3.63, 3.8) is 0 Å². The van der Waals surface area contributed by atoms with Crippen LogP contribution in [-0.4, -0.2) is 46.6 Å². The summed E-state index contributed by atoms with van der Waals surface area (Å²) >= 11 is 3.45. The van der Waals surface area contributed by atoms with Crippen LogP contribution in [0.5, 0.6) is 0 Å². The summed E-state index contributed by atoms with van der Waals surface area (Å²) in [6.45, 7) is 4.53. The van der Waals surface area contributed by atoms with Gasteiger partial charge in [0, 0.05) is 23.1 Å². The third kappa shape index (κ3) is 4.38. The average Bonchev–Trinajstić information content (AvgIpc) is 3.15. The summed E-state index contributed by atoms with van der Waals surface area (Å²) in [6.07, 6.45) is 2.86. The van der Waals surface area contributed by atoms with E-state index in [1.807, 2.05) is 38.1 Å². The molecular weight excluding hydrogens is 424 g/mol. The highest BCUT2D eigenvalue weighted by atomic mass is 79.9. The van der Waals surface area contributed by atoms with Crippen LogP contribution in [0.4, 0.5) is 4.79 Å². The molecule has 8 heteroatoms. The van der Waals surface area contributed by atoms with Crippen LogP contribution in [0.2, 0.25) is 0 Å². The van der Waals surface area contributed by atoms with E-state index in [4.69, 9.17) is 4.74 Å². The second kappa shape index (κ2) is 8.77. The fourth-order valence-electron chi connectivity index (χ4n) is 3.54. The zero-order valence-electron chi connectivity index (χ0n) is 16.2. The van der Waals surface area contributed by atoms with Gasteiger partial charge in [-0.2, -0.15) is 0 Å². The highest BCUT2D eigenvalue weighted by Gasteiger charge is 2.35. The van der Waals surface area contributed by atoms with Crippen molar-refractivity contribution in [2.24, 2.45) is 5.92 Å². The number of halogens is 1. The molecule has 1 aromatic carbocycles. The summed E-state index contributed by atoms with van der Waals surface area (Å²) in [5.74, 6) is -0.189. The largest absolute Gasteiger partial charge is 0.467 e. The second-order valence-corrected chi connectivity index (χ2v) is 8.23. The van der Waals surface area contributed by atoms with Gasteiger partial charge >= 0.3 is 12.0 Å². The Morgan fingerprint density at radius 3 is 2.71 bits per heavy atom. The Kier molecular flexibility index (Phi) is 6.39. The van der Waals surface area contributed by atoms with Crippen LogP contribution in [0, 0.1) is 5.92 Å². The van der Waals surface area contributed by atoms with Crippen LogP contribution in [-0.2, 0) is 16.0 Å². The summed E-state index contributed by atoms with van der Waals surface area (Å²) in [6, 6.07) is 6.56. The molecule has 1 unspecified atom stereocenters. The summed E-state index contributed by atoms with van der Waals surface area (Å²) in [4.78, 5) is 34.7. The number of amides is 2. The van der Waals surface area contributed by atoms with Gasteiger partial charge in [-0.05, 0) is 30.0 Å². The zero-order chi connectivity index (χ0) is 20.3. The van der Waals surface area contributed by atoms with E-state index in [0.717, 1.165) is 21.4 Å². The molecule has 2 aromatic rings. The summed E-state index contributed by atoms with van der Waals surface area (Å²) in [5, 5.41) is 2.87. The molecule has 28 heavy (non-hydrogen) atoms. The number of aromatic nitrogens is 2. The first-order valence-corrected chi connectivity index (χ1v) is 10.1. The van der Waals surface area contributed by atoms with Gasteiger partial charge in [-0.25, -0.2) is 14.6 Å². The fraction of sp³-hybridized carbons (Fsp3) is 0.450. The van der Waals surface area contributed by atoms with Crippen molar-refractivity contribution in [1.29, 1.82) is 0 Å². The summed E-state index contributed by atoms with van der Waals surface area (Å²) in [7, 11) is 1.34. The predicted molar refractivity (Wildman–Crippen MR) is 109 cm³/mol. The van der Waals surface area contributed by atoms with Crippen LogP contribution in [0.3, 0.4) is 0 Å². The normalized spacial score (nSPS) is 17.2. The molecule has 2 N–H and O–H groups in total. The number of aromatic amines is 1. The SMILES string of the molecule is COC(=O)[C@H](CC(C)C)NC(=O)N1CCc2[nH]cnc2C1c1ccc(Br)cc1. The lowest BCUT2D eigenvalue weighted by atomic mass is 9.96. The van der Waals surface area contributed by atoms with Crippen molar-refractivity contribution in [3.8, 4) is 0 Å². The molecule has 150 valence electrons. The van der Waals surface area contributed by atoms with Gasteiger partial charge in [0.15, 0.2) is 0 Å². The second-order valence-electron chi connectivity index (χ2n) is 7.32. The number of nitrogens with one attached hydrogen (secondary N) is 2. The van der Waals surface area contributed by atoms with Crippen molar-refractivity contribution in [2.45, 2.75) is 38.8 Å². The molecule has 0 aliphatic carbocycles. The number of hydrogen-bond donors (Lipinski definition) is 2. The van der Waals surface area contributed by atoms with Crippen LogP contribution < -0.4 is 5.32 Å². The molecule has 3 rings (SSSR count). The third-order valence-corrected chi connectivity index (χ3v) is 5.39. The van der Waals surface area contributed by atoms with Crippen LogP contribution in [0.15, 0.2) is 35.1 Å². The van der Waals surface area contributed by atoms with Gasteiger partial charge in [-0.1, -0.05) is 41.9 Å². The van der Waals surface area contributed by atoms with Gasteiger partial charge in [0.25, 0.3) is 0 Å². The quantitative estimate of drug-likeness (QED) is 0.685. The molecule has 7 nitrogen and oxygen atoms in total. The van der Waals surface area contributed by atoms with E-state index in [0.29, 0.717) is 19.4 Å². The van der Waals surface area contributed by atoms with Crippen LogP contribution in [0.1, 0.15) is 43.3 Å². The highest BCUT2D eigenvalue weighted by molar-refractivity contribution is 9.10. The number of hydrogen-bond acceptors (Lipinski definition) is 4. The molecule has 2 heterocycles. The molecule has 1 aliphatic rings. The van der Waals surface area contributed by atoms with Gasteiger partial charge in [0.2, 0.25) is 0 Å². The number of carbonyl (C=O) groups is 2. The monoisotopic (exact) mass is 448 g/mol. The number of ether oxygens (including phenoxy) is 1. The lowest BCUT2D eigenvalue weighted by Gasteiger charge is -2.36. The van der Waals surface area contributed by atoms with Gasteiger partial charge in [0.1, 0.15) is 12.1 Å². The van der Waals surface area contributed by atoms with Crippen molar-refractivity contribution < 1.29 is 14.3 Å². The Morgan fingerprint density at radius 2 is 2.07 bits per heavy atom. The Hall–Kier alpha value is -2.35. The zero-order valence-corrected chi connectivity index (χ0v) is 17.8. The van der Waals surface area contributed by atoms with E-state index in [1.54, 1.807) is 11.2 Å². The highest BCUT2D eigenvalue weighted by Crippen LogP contribution is 2.34. The third-order valence-electron chi connectivity index (χ3n) is 4.86. The minimum absolute atomic E-state index is 0.242. The lowest BCUT2D eigenvalue weighted by Crippen LogP contribution is -2.51. The van der Waals surface area contributed by atoms with Crippen molar-refractivity contribution >= 4 is 27.9 Å². The Morgan fingerprint density at radius 1 is 1.36 bits per heavy atom. The Bertz CT molecular complexity index is 834. The molecule has 0 saturated carbocycles. The number of benzene rings is 1. The minimum Gasteiger partial charge on any atom is -0.467 e. The molecule has 0 saturated heterocycles. The molecule has 0 spiro atoms. The first-order valence-electron chi connectivity index (χ1n) is 9.33. The molecule has 2 atom stereocenters. The van der Waals surface area contributed by atoms with E-state index in [1.165, 1.54) is 7.11 Å².